The Bertz CT molecular complexity index is 1740. The summed E-state index contributed by atoms with van der Waals surface area (Å²) in [4.78, 5) is 37.1. The molecule has 7 rings (SSSR count). The van der Waals surface area contributed by atoms with E-state index in [0.29, 0.717) is 24.1 Å². The summed E-state index contributed by atoms with van der Waals surface area (Å²) in [7, 11) is 0. The van der Waals surface area contributed by atoms with Crippen LogP contribution in [0.2, 0.25) is 0 Å². The smallest absolute Gasteiger partial charge is 0.256 e. The Morgan fingerprint density at radius 1 is 1.00 bits per heavy atom. The van der Waals surface area contributed by atoms with E-state index in [4.69, 9.17) is 4.98 Å². The maximum absolute atomic E-state index is 13.4. The Morgan fingerprint density at radius 3 is 2.59 bits per heavy atom. The van der Waals surface area contributed by atoms with Gasteiger partial charge in [-0.25, -0.2) is 4.98 Å². The molecule has 1 saturated carbocycles. The molecule has 3 aromatic carbocycles. The van der Waals surface area contributed by atoms with E-state index in [1.54, 1.807) is 22.3 Å². The summed E-state index contributed by atoms with van der Waals surface area (Å²) in [5.41, 5.74) is 3.51. The van der Waals surface area contributed by atoms with E-state index in [-0.39, 0.29) is 17.5 Å². The first-order valence-corrected chi connectivity index (χ1v) is 14.1. The number of aliphatic hydroxyl groups excluding tert-OH is 1. The van der Waals surface area contributed by atoms with Crippen molar-refractivity contribution in [3.63, 3.8) is 0 Å². The van der Waals surface area contributed by atoms with Gasteiger partial charge in [-0.15, -0.1) is 11.3 Å². The quantitative estimate of drug-likeness (QED) is 0.319. The molecule has 6 nitrogen and oxygen atoms in total. The lowest BCUT2D eigenvalue weighted by molar-refractivity contribution is -0.141. The van der Waals surface area contributed by atoms with Crippen molar-refractivity contribution < 1.29 is 9.90 Å². The number of carbonyl (C=O) groups is 1. The molecule has 1 fully saturated rings. The highest BCUT2D eigenvalue weighted by atomic mass is 32.1. The summed E-state index contributed by atoms with van der Waals surface area (Å²) in [6, 6.07) is 28.0. The fourth-order valence-electron chi connectivity index (χ4n) is 5.69. The van der Waals surface area contributed by atoms with Gasteiger partial charge in [-0.1, -0.05) is 66.7 Å². The van der Waals surface area contributed by atoms with Crippen LogP contribution in [0.25, 0.3) is 20.5 Å². The van der Waals surface area contributed by atoms with Gasteiger partial charge in [0.2, 0.25) is 0 Å². The maximum Gasteiger partial charge on any atom is 0.256 e. The van der Waals surface area contributed by atoms with Crippen LogP contribution < -0.4 is 5.56 Å². The van der Waals surface area contributed by atoms with Gasteiger partial charge in [-0.2, -0.15) is 0 Å². The monoisotopic (exact) mass is 533 g/mol. The molecule has 1 aliphatic heterocycles. The molecule has 2 aliphatic rings. The summed E-state index contributed by atoms with van der Waals surface area (Å²) in [5.74, 6) is 0.316. The first-order valence-electron chi connectivity index (χ1n) is 13.3. The molecule has 1 aliphatic carbocycles. The lowest BCUT2D eigenvalue weighted by Gasteiger charge is -2.30. The molecular formula is C32H27N3O3S. The van der Waals surface area contributed by atoms with Gasteiger partial charge in [0.15, 0.2) is 6.10 Å². The van der Waals surface area contributed by atoms with Crippen LogP contribution in [0, 0.1) is 0 Å². The largest absolute Gasteiger partial charge is 0.378 e. The Balaban J connectivity index is 1.12. The van der Waals surface area contributed by atoms with Crippen molar-refractivity contribution in [2.45, 2.75) is 37.3 Å². The SMILES string of the molecule is O=C([C@H](O)c1cccc(-c2cc3ccccc3s2)c1)N1CCc2nc(C3(c4ccccc4)CC3)[nH]c(=O)c2C1. The molecule has 7 heteroatoms. The third-order valence-corrected chi connectivity index (χ3v) is 9.22. The molecule has 39 heavy (non-hydrogen) atoms. The number of aromatic nitrogens is 2. The van der Waals surface area contributed by atoms with E-state index in [1.165, 1.54) is 15.6 Å². The van der Waals surface area contributed by atoms with Crippen molar-refractivity contribution >= 4 is 27.3 Å². The van der Waals surface area contributed by atoms with Gasteiger partial charge in [0.1, 0.15) is 5.82 Å². The zero-order chi connectivity index (χ0) is 26.6. The number of hydrogen-bond acceptors (Lipinski definition) is 5. The summed E-state index contributed by atoms with van der Waals surface area (Å²) in [6.07, 6.45) is 1.09. The molecule has 2 aromatic heterocycles. The molecule has 0 saturated heterocycles. The zero-order valence-electron chi connectivity index (χ0n) is 21.3. The molecule has 0 radical (unpaired) electrons. The minimum Gasteiger partial charge on any atom is -0.378 e. The highest BCUT2D eigenvalue weighted by Crippen LogP contribution is 2.52. The standard InChI is InChI=1S/C32H27N3O3S/c36-28(22-9-6-8-20(17-22)27-18-21-7-4-5-12-26(21)39-27)30(38)35-16-13-25-24(19-35)29(37)34-31(33-25)32(14-15-32)23-10-2-1-3-11-23/h1-12,17-18,28,36H,13-16,19H2,(H,33,34,37)/t28-/m1/s1. The number of fused-ring (bicyclic) bond motifs is 2. The number of amides is 1. The van der Waals surface area contributed by atoms with Crippen LogP contribution in [0.3, 0.4) is 0 Å². The molecule has 1 atom stereocenters. The van der Waals surface area contributed by atoms with Gasteiger partial charge in [0, 0.05) is 22.5 Å². The molecule has 2 N–H and O–H groups in total. The van der Waals surface area contributed by atoms with E-state index in [0.717, 1.165) is 34.8 Å². The van der Waals surface area contributed by atoms with E-state index >= 15 is 0 Å². The molecule has 0 bridgehead atoms. The minimum absolute atomic E-state index is 0.141. The average Bonchev–Trinajstić information content (AvgIpc) is 3.69. The van der Waals surface area contributed by atoms with Crippen molar-refractivity contribution in [2.75, 3.05) is 6.54 Å². The number of hydrogen-bond donors (Lipinski definition) is 2. The second-order valence-electron chi connectivity index (χ2n) is 10.5. The van der Waals surface area contributed by atoms with Crippen LogP contribution in [0.4, 0.5) is 0 Å². The molecular weight excluding hydrogens is 506 g/mol. The predicted octanol–water partition coefficient (Wildman–Crippen LogP) is 5.35. The fraction of sp³-hybridized carbons (Fsp3) is 0.219. The Kier molecular flexibility index (Phi) is 5.72. The second kappa shape index (κ2) is 9.29. The lowest BCUT2D eigenvalue weighted by atomic mass is 9.94. The van der Waals surface area contributed by atoms with Crippen LogP contribution in [-0.2, 0) is 23.2 Å². The fourth-order valence-corrected chi connectivity index (χ4v) is 6.74. The van der Waals surface area contributed by atoms with Crippen molar-refractivity contribution in [1.29, 1.82) is 0 Å². The molecule has 0 unspecified atom stereocenters. The van der Waals surface area contributed by atoms with Crippen LogP contribution in [-0.4, -0.2) is 32.4 Å². The molecule has 194 valence electrons. The van der Waals surface area contributed by atoms with Crippen molar-refractivity contribution in [1.82, 2.24) is 14.9 Å². The molecule has 3 heterocycles. The van der Waals surface area contributed by atoms with Crippen LogP contribution in [0.15, 0.2) is 89.7 Å². The third-order valence-electron chi connectivity index (χ3n) is 8.06. The summed E-state index contributed by atoms with van der Waals surface area (Å²) in [5, 5.41) is 12.2. The highest BCUT2D eigenvalue weighted by Gasteiger charge is 2.48. The van der Waals surface area contributed by atoms with Crippen LogP contribution in [0.1, 0.15) is 47.2 Å². The van der Waals surface area contributed by atoms with Crippen LogP contribution >= 0.6 is 11.3 Å². The molecule has 0 spiro atoms. The number of carbonyl (C=O) groups excluding carboxylic acids is 1. The van der Waals surface area contributed by atoms with Gasteiger partial charge in [0.05, 0.1) is 23.2 Å². The second-order valence-corrected chi connectivity index (χ2v) is 11.6. The van der Waals surface area contributed by atoms with Gasteiger partial charge in [-0.3, -0.25) is 9.59 Å². The topological polar surface area (TPSA) is 86.3 Å². The lowest BCUT2D eigenvalue weighted by Crippen LogP contribution is -2.42. The molecule has 5 aromatic rings. The number of benzene rings is 3. The van der Waals surface area contributed by atoms with Crippen LogP contribution in [0.5, 0.6) is 0 Å². The third kappa shape index (κ3) is 4.18. The van der Waals surface area contributed by atoms with E-state index < -0.39 is 12.0 Å². The first kappa shape index (κ1) is 24.0. The van der Waals surface area contributed by atoms with Gasteiger partial charge in [0.25, 0.3) is 11.5 Å². The van der Waals surface area contributed by atoms with Gasteiger partial charge < -0.3 is 15.0 Å². The maximum atomic E-state index is 13.4. The van der Waals surface area contributed by atoms with Gasteiger partial charge >= 0.3 is 0 Å². The highest BCUT2D eigenvalue weighted by molar-refractivity contribution is 7.22. The van der Waals surface area contributed by atoms with Crippen molar-refractivity contribution in [3.8, 4) is 10.4 Å². The Morgan fingerprint density at radius 2 is 1.79 bits per heavy atom. The molecule has 1 amide bonds. The van der Waals surface area contributed by atoms with E-state index in [1.807, 2.05) is 48.5 Å². The number of H-pyrrole nitrogens is 1. The Labute approximate surface area is 229 Å². The number of nitrogens with one attached hydrogen (secondary N) is 1. The zero-order valence-corrected chi connectivity index (χ0v) is 22.1. The number of aromatic amines is 1. The number of aliphatic hydroxyl groups is 1. The van der Waals surface area contributed by atoms with Gasteiger partial charge in [-0.05, 0) is 53.1 Å². The van der Waals surface area contributed by atoms with E-state index in [2.05, 4.69) is 35.3 Å². The predicted molar refractivity (Wildman–Crippen MR) is 153 cm³/mol. The number of nitrogens with zero attached hydrogens (tertiary/aromatic N) is 2. The minimum atomic E-state index is -1.31. The average molecular weight is 534 g/mol. The summed E-state index contributed by atoms with van der Waals surface area (Å²) in [6.45, 7) is 0.551. The van der Waals surface area contributed by atoms with Crippen molar-refractivity contribution in [2.24, 2.45) is 0 Å². The van der Waals surface area contributed by atoms with E-state index in [9.17, 15) is 14.7 Å². The summed E-state index contributed by atoms with van der Waals surface area (Å²) < 4.78 is 1.19. The number of thiophene rings is 1. The normalized spacial score (nSPS) is 16.6. The van der Waals surface area contributed by atoms with Crippen molar-refractivity contribution in [3.05, 3.63) is 123 Å². The number of rotatable bonds is 5. The first-order chi connectivity index (χ1) is 19.0. The Hall–Kier alpha value is -4.07. The summed E-state index contributed by atoms with van der Waals surface area (Å²) >= 11 is 1.68.